The van der Waals surface area contributed by atoms with Gasteiger partial charge in [-0.1, -0.05) is 18.2 Å². The number of hydrogen-bond donors (Lipinski definition) is 2. The fraction of sp³-hybridized carbons (Fsp3) is 0.250. The second-order valence-electron chi connectivity index (χ2n) is 7.13. The molecule has 1 aliphatic carbocycles. The number of nitrogens with zero attached hydrogens (tertiary/aromatic N) is 4. The number of nitrogens with one attached hydrogen (secondary N) is 2. The summed E-state index contributed by atoms with van der Waals surface area (Å²) < 4.78 is 24.5. The minimum absolute atomic E-state index is 0.0103. The van der Waals surface area contributed by atoms with E-state index in [4.69, 9.17) is 0 Å². The van der Waals surface area contributed by atoms with Crippen molar-refractivity contribution in [3.8, 4) is 5.69 Å². The van der Waals surface area contributed by atoms with Crippen LogP contribution in [-0.2, 0) is 14.6 Å². The highest BCUT2D eigenvalue weighted by Crippen LogP contribution is 2.19. The van der Waals surface area contributed by atoms with Crippen LogP contribution in [0.4, 0.5) is 5.69 Å². The van der Waals surface area contributed by atoms with Gasteiger partial charge in [0.2, 0.25) is 5.91 Å². The van der Waals surface area contributed by atoms with Crippen LogP contribution in [0.2, 0.25) is 0 Å². The summed E-state index contributed by atoms with van der Waals surface area (Å²) >= 11 is 0. The van der Waals surface area contributed by atoms with Gasteiger partial charge in [-0.05, 0) is 54.5 Å². The highest BCUT2D eigenvalue weighted by molar-refractivity contribution is 7.91. The fourth-order valence-electron chi connectivity index (χ4n) is 2.77. The molecular weight excluding hydrogens is 420 g/mol. The van der Waals surface area contributed by atoms with Crippen molar-refractivity contribution in [3.63, 3.8) is 0 Å². The molecule has 0 unspecified atom stereocenters. The van der Waals surface area contributed by atoms with Crippen LogP contribution >= 0.6 is 0 Å². The van der Waals surface area contributed by atoms with Gasteiger partial charge in [-0.25, -0.2) is 8.42 Å². The normalized spacial score (nSPS) is 13.5. The highest BCUT2D eigenvalue weighted by Gasteiger charge is 2.26. The predicted octanol–water partition coefficient (Wildman–Crippen LogP) is 1.36. The number of carbonyl (C=O) groups excluding carboxylic acids is 2. The van der Waals surface area contributed by atoms with Gasteiger partial charge >= 0.3 is 0 Å². The molecule has 0 radical (unpaired) electrons. The van der Waals surface area contributed by atoms with Gasteiger partial charge < -0.3 is 10.6 Å². The molecule has 0 saturated heterocycles. The number of carbonyl (C=O) groups is 2. The highest BCUT2D eigenvalue weighted by atomic mass is 32.2. The Morgan fingerprint density at radius 2 is 1.74 bits per heavy atom. The van der Waals surface area contributed by atoms with Gasteiger partial charge in [-0.2, -0.15) is 0 Å². The minimum atomic E-state index is -3.52. The molecule has 160 valence electrons. The molecule has 3 aromatic rings. The molecule has 0 atom stereocenters. The molecule has 0 bridgehead atoms. The first-order chi connectivity index (χ1) is 14.9. The standard InChI is InChI=1S/C20H20N6O4S/c27-18(12-13-31(29,30)17-4-2-1-3-5-17)21-14-8-10-16(11-9-14)26-24-19(23-25-26)20(28)22-15-6-7-15/h1-5,8-11,15H,6-7,12-13H2,(H,21,27)(H,22,28). The van der Waals surface area contributed by atoms with Crippen molar-refractivity contribution in [2.45, 2.75) is 30.2 Å². The van der Waals surface area contributed by atoms with E-state index in [9.17, 15) is 18.0 Å². The molecule has 0 spiro atoms. The number of anilines is 1. The number of aromatic nitrogens is 4. The Hall–Kier alpha value is -3.60. The lowest BCUT2D eigenvalue weighted by Crippen LogP contribution is -2.26. The van der Waals surface area contributed by atoms with Gasteiger partial charge in [0, 0.05) is 18.2 Å². The molecule has 1 saturated carbocycles. The van der Waals surface area contributed by atoms with Crippen LogP contribution in [0.15, 0.2) is 59.5 Å². The summed E-state index contributed by atoms with van der Waals surface area (Å²) in [7, 11) is -3.52. The van der Waals surface area contributed by atoms with Crippen LogP contribution < -0.4 is 10.6 Å². The fourth-order valence-corrected chi connectivity index (χ4v) is 4.03. The number of hydrogen-bond acceptors (Lipinski definition) is 7. The number of amides is 2. The van der Waals surface area contributed by atoms with E-state index in [0.29, 0.717) is 11.4 Å². The molecule has 1 heterocycles. The van der Waals surface area contributed by atoms with E-state index < -0.39 is 15.7 Å². The van der Waals surface area contributed by atoms with Crippen molar-refractivity contribution in [2.75, 3.05) is 11.1 Å². The van der Waals surface area contributed by atoms with Crippen LogP contribution in [0.25, 0.3) is 5.69 Å². The van der Waals surface area contributed by atoms with Crippen LogP contribution in [-0.4, -0.2) is 52.2 Å². The van der Waals surface area contributed by atoms with E-state index in [-0.39, 0.29) is 34.8 Å². The first-order valence-corrected chi connectivity index (χ1v) is 11.3. The Morgan fingerprint density at radius 1 is 1.03 bits per heavy atom. The molecule has 1 aliphatic rings. The lowest BCUT2D eigenvalue weighted by Gasteiger charge is -2.07. The maximum absolute atomic E-state index is 12.3. The summed E-state index contributed by atoms with van der Waals surface area (Å²) in [6.07, 6.45) is 1.76. The Labute approximate surface area is 178 Å². The van der Waals surface area contributed by atoms with E-state index in [2.05, 4.69) is 26.0 Å². The average molecular weight is 440 g/mol. The third-order valence-electron chi connectivity index (χ3n) is 4.61. The van der Waals surface area contributed by atoms with E-state index in [1.165, 1.54) is 16.9 Å². The third kappa shape index (κ3) is 5.31. The molecular formula is C20H20N6O4S. The second-order valence-corrected chi connectivity index (χ2v) is 9.24. The van der Waals surface area contributed by atoms with Gasteiger partial charge in [0.05, 0.1) is 16.3 Å². The Morgan fingerprint density at radius 3 is 2.42 bits per heavy atom. The van der Waals surface area contributed by atoms with Crippen molar-refractivity contribution >= 4 is 27.3 Å². The molecule has 2 amide bonds. The molecule has 0 aliphatic heterocycles. The SMILES string of the molecule is O=C(CCS(=O)(=O)c1ccccc1)Nc1ccc(-n2nnc(C(=O)NC3CC3)n2)cc1. The monoisotopic (exact) mass is 440 g/mol. The molecule has 4 rings (SSSR count). The van der Waals surface area contributed by atoms with E-state index in [1.54, 1.807) is 42.5 Å². The lowest BCUT2D eigenvalue weighted by atomic mass is 10.3. The van der Waals surface area contributed by atoms with Crippen LogP contribution in [0.1, 0.15) is 29.9 Å². The molecule has 11 heteroatoms. The molecule has 1 aromatic heterocycles. The minimum Gasteiger partial charge on any atom is -0.346 e. The summed E-state index contributed by atoms with van der Waals surface area (Å²) in [5.74, 6) is -1.06. The van der Waals surface area contributed by atoms with Gasteiger partial charge in [0.25, 0.3) is 11.7 Å². The number of rotatable bonds is 8. The lowest BCUT2D eigenvalue weighted by molar-refractivity contribution is -0.115. The van der Waals surface area contributed by atoms with Gasteiger partial charge in [-0.3, -0.25) is 9.59 Å². The molecule has 1 fully saturated rings. The van der Waals surface area contributed by atoms with Gasteiger partial charge in [0.1, 0.15) is 0 Å². The van der Waals surface area contributed by atoms with Crippen LogP contribution in [0, 0.1) is 0 Å². The van der Waals surface area contributed by atoms with Crippen molar-refractivity contribution in [2.24, 2.45) is 0 Å². The molecule has 31 heavy (non-hydrogen) atoms. The van der Waals surface area contributed by atoms with Crippen molar-refractivity contribution in [1.29, 1.82) is 0 Å². The van der Waals surface area contributed by atoms with Gasteiger partial charge in [0.15, 0.2) is 9.84 Å². The first-order valence-electron chi connectivity index (χ1n) is 9.70. The van der Waals surface area contributed by atoms with E-state index in [0.717, 1.165) is 12.8 Å². The molecule has 2 N–H and O–H groups in total. The zero-order chi connectivity index (χ0) is 21.8. The molecule has 2 aromatic carbocycles. The third-order valence-corrected chi connectivity index (χ3v) is 6.34. The zero-order valence-electron chi connectivity index (χ0n) is 16.4. The topological polar surface area (TPSA) is 136 Å². The number of tetrazole rings is 1. The van der Waals surface area contributed by atoms with E-state index in [1.807, 2.05) is 0 Å². The predicted molar refractivity (Wildman–Crippen MR) is 111 cm³/mol. The van der Waals surface area contributed by atoms with Crippen molar-refractivity contribution < 1.29 is 18.0 Å². The second kappa shape index (κ2) is 8.64. The largest absolute Gasteiger partial charge is 0.346 e. The van der Waals surface area contributed by atoms with Crippen LogP contribution in [0.5, 0.6) is 0 Å². The van der Waals surface area contributed by atoms with Crippen LogP contribution in [0.3, 0.4) is 0 Å². The summed E-state index contributed by atoms with van der Waals surface area (Å²) in [4.78, 5) is 25.5. The average Bonchev–Trinajstić information content (AvgIpc) is 3.45. The van der Waals surface area contributed by atoms with Crippen molar-refractivity contribution in [3.05, 3.63) is 60.4 Å². The first kappa shape index (κ1) is 20.7. The van der Waals surface area contributed by atoms with Gasteiger partial charge in [-0.15, -0.1) is 15.0 Å². The summed E-state index contributed by atoms with van der Waals surface area (Å²) in [6.45, 7) is 0. The zero-order valence-corrected chi connectivity index (χ0v) is 17.2. The number of sulfone groups is 1. The Kier molecular flexibility index (Phi) is 5.76. The van der Waals surface area contributed by atoms with E-state index >= 15 is 0 Å². The Bertz CT molecular complexity index is 1190. The number of benzene rings is 2. The summed E-state index contributed by atoms with van der Waals surface area (Å²) in [6, 6.07) is 14.8. The Balaban J connectivity index is 1.32. The maximum atomic E-state index is 12.3. The maximum Gasteiger partial charge on any atom is 0.293 e. The van der Waals surface area contributed by atoms with Crippen molar-refractivity contribution in [1.82, 2.24) is 25.5 Å². The quantitative estimate of drug-likeness (QED) is 0.540. The summed E-state index contributed by atoms with van der Waals surface area (Å²) in [5, 5.41) is 17.2. The molecule has 10 nitrogen and oxygen atoms in total. The summed E-state index contributed by atoms with van der Waals surface area (Å²) in [5.41, 5.74) is 1.06. The smallest absolute Gasteiger partial charge is 0.293 e.